The molecule has 5 rings (SSSR count). The Balaban J connectivity index is 1.48. The van der Waals surface area contributed by atoms with Gasteiger partial charge < -0.3 is 4.90 Å². The van der Waals surface area contributed by atoms with Crippen LogP contribution in [0.25, 0.3) is 16.9 Å². The Morgan fingerprint density at radius 3 is 2.59 bits per heavy atom. The van der Waals surface area contributed by atoms with Crippen molar-refractivity contribution in [2.24, 2.45) is 5.41 Å². The summed E-state index contributed by atoms with van der Waals surface area (Å²) in [5, 5.41) is 5.38. The smallest absolute Gasteiger partial charge is 0.189 e. The minimum atomic E-state index is 0.674. The molecular weight excluding hydrogens is 446 g/mol. The highest BCUT2D eigenvalue weighted by Crippen LogP contribution is 2.54. The topological polar surface area (TPSA) is 46.8 Å². The zero-order chi connectivity index (χ0) is 20.0. The molecule has 0 amide bonds. The number of rotatable bonds is 4. The number of hydrogen-bond donors (Lipinski definition) is 0. The molecule has 1 aliphatic carbocycles. The highest BCUT2D eigenvalue weighted by Gasteiger charge is 2.44. The Hall–Kier alpha value is -1.86. The summed E-state index contributed by atoms with van der Waals surface area (Å²) >= 11 is 5.22. The first-order valence-electron chi connectivity index (χ1n) is 10.0. The van der Waals surface area contributed by atoms with E-state index in [9.17, 15) is 0 Å². The Bertz CT molecular complexity index is 1050. The summed E-state index contributed by atoms with van der Waals surface area (Å²) in [6.45, 7) is 4.27. The highest BCUT2D eigenvalue weighted by atomic mass is 79.9. The van der Waals surface area contributed by atoms with Crippen molar-refractivity contribution in [3.8, 4) is 16.9 Å². The number of piperidine rings is 1. The van der Waals surface area contributed by atoms with Gasteiger partial charge in [-0.3, -0.25) is 0 Å². The van der Waals surface area contributed by atoms with E-state index in [1.165, 1.54) is 36.9 Å². The number of aryl methyl sites for hydroxylation is 1. The fourth-order valence-corrected chi connectivity index (χ4v) is 5.00. The number of aromatic nitrogens is 4. The first-order chi connectivity index (χ1) is 14.0. The van der Waals surface area contributed by atoms with E-state index in [1.807, 2.05) is 30.1 Å². The lowest BCUT2D eigenvalue weighted by Crippen LogP contribution is -2.34. The van der Waals surface area contributed by atoms with Gasteiger partial charge in [0.25, 0.3) is 0 Å². The molecule has 7 heteroatoms. The SMILES string of the molecule is CSc1nc(C)cc(-n2cc(-c3ccc(Br)cc3N3CCC4(CC3)CC4)cn2)n1. The van der Waals surface area contributed by atoms with E-state index in [1.54, 1.807) is 11.8 Å². The van der Waals surface area contributed by atoms with E-state index in [2.05, 4.69) is 60.3 Å². The summed E-state index contributed by atoms with van der Waals surface area (Å²) in [5.74, 6) is 0.806. The Morgan fingerprint density at radius 2 is 1.86 bits per heavy atom. The lowest BCUT2D eigenvalue weighted by molar-refractivity contribution is 0.384. The van der Waals surface area contributed by atoms with Crippen LogP contribution in [0.1, 0.15) is 31.4 Å². The van der Waals surface area contributed by atoms with Gasteiger partial charge in [-0.2, -0.15) is 5.10 Å². The first kappa shape index (κ1) is 19.1. The van der Waals surface area contributed by atoms with Crippen LogP contribution < -0.4 is 4.90 Å². The van der Waals surface area contributed by atoms with Gasteiger partial charge in [0, 0.05) is 52.3 Å². The number of hydrogen-bond acceptors (Lipinski definition) is 5. The van der Waals surface area contributed by atoms with E-state index in [0.717, 1.165) is 39.8 Å². The minimum absolute atomic E-state index is 0.674. The van der Waals surface area contributed by atoms with Crippen molar-refractivity contribution in [1.82, 2.24) is 19.7 Å². The maximum atomic E-state index is 4.61. The summed E-state index contributed by atoms with van der Waals surface area (Å²) in [7, 11) is 0. The van der Waals surface area contributed by atoms with Gasteiger partial charge in [-0.15, -0.1) is 0 Å². The summed E-state index contributed by atoms with van der Waals surface area (Å²) in [6, 6.07) is 8.53. The summed E-state index contributed by atoms with van der Waals surface area (Å²) in [6.07, 6.45) is 11.5. The Morgan fingerprint density at radius 1 is 1.07 bits per heavy atom. The summed E-state index contributed by atoms with van der Waals surface area (Å²) in [5.41, 5.74) is 5.25. The molecule has 3 heterocycles. The van der Waals surface area contributed by atoms with Gasteiger partial charge in [0.2, 0.25) is 0 Å². The normalized spacial score (nSPS) is 17.7. The number of halogens is 1. The molecule has 0 N–H and O–H groups in total. The highest BCUT2D eigenvalue weighted by molar-refractivity contribution is 9.10. The van der Waals surface area contributed by atoms with E-state index >= 15 is 0 Å². The molecular formula is C22H24BrN5S. The van der Waals surface area contributed by atoms with Crippen LogP contribution in [0.2, 0.25) is 0 Å². The van der Waals surface area contributed by atoms with E-state index in [4.69, 9.17) is 0 Å². The van der Waals surface area contributed by atoms with Gasteiger partial charge >= 0.3 is 0 Å². The molecule has 1 aliphatic heterocycles. The third kappa shape index (κ3) is 3.82. The molecule has 1 aromatic carbocycles. The van der Waals surface area contributed by atoms with E-state index in [-0.39, 0.29) is 0 Å². The van der Waals surface area contributed by atoms with E-state index in [0.29, 0.717) is 5.41 Å². The molecule has 150 valence electrons. The van der Waals surface area contributed by atoms with Crippen molar-refractivity contribution in [1.29, 1.82) is 0 Å². The van der Waals surface area contributed by atoms with Crippen molar-refractivity contribution < 1.29 is 0 Å². The molecule has 1 spiro atoms. The molecule has 0 atom stereocenters. The van der Waals surface area contributed by atoms with Crippen molar-refractivity contribution in [2.45, 2.75) is 37.8 Å². The number of thioether (sulfide) groups is 1. The molecule has 1 saturated heterocycles. The fraction of sp³-hybridized carbons (Fsp3) is 0.409. The van der Waals surface area contributed by atoms with Crippen LogP contribution in [0.15, 0.2) is 46.3 Å². The molecule has 3 aromatic rings. The molecule has 1 saturated carbocycles. The lowest BCUT2D eigenvalue weighted by Gasteiger charge is -2.35. The largest absolute Gasteiger partial charge is 0.371 e. The van der Waals surface area contributed by atoms with Crippen LogP contribution in [0.3, 0.4) is 0 Å². The maximum absolute atomic E-state index is 4.61. The predicted molar refractivity (Wildman–Crippen MR) is 122 cm³/mol. The van der Waals surface area contributed by atoms with Crippen molar-refractivity contribution >= 4 is 33.4 Å². The first-order valence-corrected chi connectivity index (χ1v) is 12.1. The molecule has 2 aliphatic rings. The number of anilines is 1. The van der Waals surface area contributed by atoms with E-state index < -0.39 is 0 Å². The van der Waals surface area contributed by atoms with Crippen LogP contribution in [-0.2, 0) is 0 Å². The van der Waals surface area contributed by atoms with Gasteiger partial charge in [0.05, 0.1) is 6.20 Å². The molecule has 5 nitrogen and oxygen atoms in total. The van der Waals surface area contributed by atoms with Gasteiger partial charge in [-0.25, -0.2) is 14.6 Å². The second-order valence-corrected chi connectivity index (χ2v) is 9.87. The molecule has 0 unspecified atom stereocenters. The Labute approximate surface area is 184 Å². The molecule has 2 fully saturated rings. The number of nitrogens with zero attached hydrogens (tertiary/aromatic N) is 5. The Kier molecular flexibility index (Phi) is 4.90. The van der Waals surface area contributed by atoms with Crippen LogP contribution in [0, 0.1) is 12.3 Å². The molecule has 0 bridgehead atoms. The van der Waals surface area contributed by atoms with Crippen LogP contribution in [0.4, 0.5) is 5.69 Å². The third-order valence-electron chi connectivity index (χ3n) is 6.21. The predicted octanol–water partition coefficient (Wildman–Crippen LogP) is 5.50. The zero-order valence-corrected chi connectivity index (χ0v) is 19.1. The molecule has 29 heavy (non-hydrogen) atoms. The van der Waals surface area contributed by atoms with Crippen LogP contribution in [0.5, 0.6) is 0 Å². The van der Waals surface area contributed by atoms with Gasteiger partial charge in [0.15, 0.2) is 11.0 Å². The second kappa shape index (κ2) is 7.43. The lowest BCUT2D eigenvalue weighted by atomic mass is 9.92. The number of benzene rings is 1. The third-order valence-corrected chi connectivity index (χ3v) is 7.25. The van der Waals surface area contributed by atoms with Gasteiger partial charge in [-0.05, 0) is 56.4 Å². The standard InChI is InChI=1S/C22H24BrN5S/c1-15-11-20(26-21(25-15)29-2)28-14-16(13-24-28)18-4-3-17(23)12-19(18)27-9-7-22(5-6-22)8-10-27/h3-4,11-14H,5-10H2,1-2H3. The summed E-state index contributed by atoms with van der Waals surface area (Å²) < 4.78 is 2.97. The quantitative estimate of drug-likeness (QED) is 0.372. The van der Waals surface area contributed by atoms with Crippen molar-refractivity contribution in [2.75, 3.05) is 24.2 Å². The van der Waals surface area contributed by atoms with Crippen molar-refractivity contribution in [3.63, 3.8) is 0 Å². The van der Waals surface area contributed by atoms with Crippen LogP contribution in [-0.4, -0.2) is 39.1 Å². The minimum Gasteiger partial charge on any atom is -0.371 e. The average Bonchev–Trinajstić information content (AvgIpc) is 3.29. The maximum Gasteiger partial charge on any atom is 0.189 e. The van der Waals surface area contributed by atoms with Gasteiger partial charge in [-0.1, -0.05) is 33.8 Å². The zero-order valence-electron chi connectivity index (χ0n) is 16.7. The summed E-state index contributed by atoms with van der Waals surface area (Å²) in [4.78, 5) is 11.6. The van der Waals surface area contributed by atoms with Gasteiger partial charge in [0.1, 0.15) is 0 Å². The monoisotopic (exact) mass is 469 g/mol. The molecule has 0 radical (unpaired) electrons. The average molecular weight is 470 g/mol. The van der Waals surface area contributed by atoms with Crippen LogP contribution >= 0.6 is 27.7 Å². The van der Waals surface area contributed by atoms with Crippen molar-refractivity contribution in [3.05, 3.63) is 46.8 Å². The fourth-order valence-electron chi connectivity index (χ4n) is 4.23. The second-order valence-electron chi connectivity index (χ2n) is 8.18. The molecule has 2 aromatic heterocycles.